The van der Waals surface area contributed by atoms with Crippen LogP contribution < -0.4 is 11.1 Å². The molecule has 2 rings (SSSR count). The number of ether oxygens (including phenoxy) is 1. The zero-order valence-electron chi connectivity index (χ0n) is 12.8. The molecule has 1 saturated carbocycles. The van der Waals surface area contributed by atoms with E-state index < -0.39 is 11.7 Å². The molecule has 1 aliphatic rings. The van der Waals surface area contributed by atoms with Crippen molar-refractivity contribution in [2.45, 2.75) is 45.6 Å². The molecule has 1 fully saturated rings. The van der Waals surface area contributed by atoms with Crippen LogP contribution in [0, 0.1) is 5.41 Å². The third-order valence-corrected chi connectivity index (χ3v) is 4.01. The maximum absolute atomic E-state index is 11.7. The minimum atomic E-state index is -0.521. The highest BCUT2D eigenvalue weighted by atomic mass is 35.5. The normalized spacial score (nSPS) is 16.4. The molecule has 1 amide bonds. The van der Waals surface area contributed by atoms with Gasteiger partial charge in [0.1, 0.15) is 5.60 Å². The molecular weight excluding hydrogens is 288 g/mol. The van der Waals surface area contributed by atoms with Crippen LogP contribution in [0.1, 0.15) is 39.2 Å². The van der Waals surface area contributed by atoms with Gasteiger partial charge in [-0.3, -0.25) is 5.32 Å². The van der Waals surface area contributed by atoms with Gasteiger partial charge in [0.05, 0.1) is 0 Å². The predicted molar refractivity (Wildman–Crippen MR) is 85.7 cm³/mol. The molecule has 0 heterocycles. The second-order valence-corrected chi connectivity index (χ2v) is 7.22. The van der Waals surface area contributed by atoms with E-state index in [1.54, 1.807) is 6.07 Å². The van der Waals surface area contributed by atoms with Crippen molar-refractivity contribution in [3.8, 4) is 0 Å². The van der Waals surface area contributed by atoms with Crippen molar-refractivity contribution in [2.24, 2.45) is 11.1 Å². The van der Waals surface area contributed by atoms with Crippen molar-refractivity contribution >= 4 is 23.4 Å². The molecule has 0 bridgehead atoms. The highest BCUT2D eigenvalue weighted by Gasteiger charge is 2.41. The Labute approximate surface area is 131 Å². The van der Waals surface area contributed by atoms with Gasteiger partial charge in [0.25, 0.3) is 0 Å². The van der Waals surface area contributed by atoms with E-state index in [2.05, 4.69) is 5.32 Å². The minimum absolute atomic E-state index is 0.240. The highest BCUT2D eigenvalue weighted by molar-refractivity contribution is 6.31. The topological polar surface area (TPSA) is 64.3 Å². The van der Waals surface area contributed by atoms with Crippen molar-refractivity contribution in [1.29, 1.82) is 0 Å². The third-order valence-electron chi connectivity index (χ3n) is 3.65. The molecule has 116 valence electrons. The number of rotatable bonds is 4. The summed E-state index contributed by atoms with van der Waals surface area (Å²) in [6, 6.07) is 5.55. The molecule has 1 aromatic rings. The summed E-state index contributed by atoms with van der Waals surface area (Å²) >= 11 is 6.30. The van der Waals surface area contributed by atoms with Gasteiger partial charge < -0.3 is 10.5 Å². The fraction of sp³-hybridized carbons (Fsp3) is 0.562. The maximum atomic E-state index is 11.7. The Kier molecular flexibility index (Phi) is 4.49. The van der Waals surface area contributed by atoms with Crippen LogP contribution >= 0.6 is 11.6 Å². The molecule has 0 atom stereocenters. The Balaban J connectivity index is 2.00. The first-order valence-electron chi connectivity index (χ1n) is 7.22. The van der Waals surface area contributed by atoms with Crippen molar-refractivity contribution in [2.75, 3.05) is 11.9 Å². The SMILES string of the molecule is CC(C)(C)OC(=O)Nc1ccc(CC2(CN)CC2)c(Cl)c1. The molecule has 0 saturated heterocycles. The molecule has 5 heteroatoms. The fourth-order valence-corrected chi connectivity index (χ4v) is 2.47. The smallest absolute Gasteiger partial charge is 0.412 e. The van der Waals surface area contributed by atoms with Gasteiger partial charge in [-0.15, -0.1) is 0 Å². The van der Waals surface area contributed by atoms with E-state index in [1.807, 2.05) is 32.9 Å². The molecule has 0 aliphatic heterocycles. The quantitative estimate of drug-likeness (QED) is 0.884. The van der Waals surface area contributed by atoms with Crippen molar-refractivity contribution in [3.05, 3.63) is 28.8 Å². The first-order chi connectivity index (χ1) is 9.73. The molecule has 4 nitrogen and oxygen atoms in total. The van der Waals surface area contributed by atoms with Crippen LogP contribution in [-0.2, 0) is 11.2 Å². The maximum Gasteiger partial charge on any atom is 0.412 e. The van der Waals surface area contributed by atoms with Crippen LogP contribution in [0.3, 0.4) is 0 Å². The standard InChI is InChI=1S/C16H23ClN2O2/c1-15(2,3)21-14(20)19-12-5-4-11(13(17)8-12)9-16(10-18)6-7-16/h4-5,8H,6-7,9-10,18H2,1-3H3,(H,19,20). The Bertz CT molecular complexity index is 534. The zero-order valence-corrected chi connectivity index (χ0v) is 13.6. The van der Waals surface area contributed by atoms with E-state index >= 15 is 0 Å². The lowest BCUT2D eigenvalue weighted by Gasteiger charge is -2.20. The number of carbonyl (C=O) groups excluding carboxylic acids is 1. The van der Waals surface area contributed by atoms with Crippen molar-refractivity contribution < 1.29 is 9.53 Å². The van der Waals surface area contributed by atoms with E-state index in [9.17, 15) is 4.79 Å². The number of nitrogens with two attached hydrogens (primary N) is 1. The van der Waals surface area contributed by atoms with Gasteiger partial charge in [0.15, 0.2) is 0 Å². The van der Waals surface area contributed by atoms with E-state index in [0.29, 0.717) is 17.3 Å². The lowest BCUT2D eigenvalue weighted by molar-refractivity contribution is 0.0636. The zero-order chi connectivity index (χ0) is 15.7. The lowest BCUT2D eigenvalue weighted by Crippen LogP contribution is -2.27. The molecule has 1 aliphatic carbocycles. The number of nitrogens with one attached hydrogen (secondary N) is 1. The highest BCUT2D eigenvalue weighted by Crippen LogP contribution is 2.48. The largest absolute Gasteiger partial charge is 0.444 e. The summed E-state index contributed by atoms with van der Waals surface area (Å²) in [5, 5.41) is 3.34. The first kappa shape index (κ1) is 16.1. The number of carbonyl (C=O) groups is 1. The van der Waals surface area contributed by atoms with E-state index in [-0.39, 0.29) is 5.41 Å². The number of anilines is 1. The Morgan fingerprint density at radius 3 is 2.57 bits per heavy atom. The summed E-state index contributed by atoms with van der Waals surface area (Å²) in [4.78, 5) is 11.7. The van der Waals surface area contributed by atoms with E-state index in [4.69, 9.17) is 22.1 Å². The van der Waals surface area contributed by atoms with Crippen LogP contribution in [0.25, 0.3) is 0 Å². The van der Waals surface area contributed by atoms with Crippen molar-refractivity contribution in [1.82, 2.24) is 0 Å². The number of amides is 1. The summed E-state index contributed by atoms with van der Waals surface area (Å²) in [6.07, 6.45) is 2.75. The van der Waals surface area contributed by atoms with E-state index in [1.165, 1.54) is 0 Å². The lowest BCUT2D eigenvalue weighted by atomic mass is 9.96. The second-order valence-electron chi connectivity index (χ2n) is 6.81. The Morgan fingerprint density at radius 1 is 1.43 bits per heavy atom. The molecule has 3 N–H and O–H groups in total. The van der Waals surface area contributed by atoms with Crippen LogP contribution in [-0.4, -0.2) is 18.2 Å². The van der Waals surface area contributed by atoms with Gasteiger partial charge in [0.2, 0.25) is 0 Å². The average Bonchev–Trinajstić information content (AvgIpc) is 3.11. The third kappa shape index (κ3) is 4.61. The molecule has 0 radical (unpaired) electrons. The number of halogens is 1. The fourth-order valence-electron chi connectivity index (χ4n) is 2.22. The second kappa shape index (κ2) is 5.85. The summed E-state index contributed by atoms with van der Waals surface area (Å²) in [5.41, 5.74) is 7.24. The summed E-state index contributed by atoms with van der Waals surface area (Å²) in [6.45, 7) is 6.17. The predicted octanol–water partition coefficient (Wildman–Crippen LogP) is 3.97. The molecular formula is C16H23ClN2O2. The molecule has 0 aromatic heterocycles. The van der Waals surface area contributed by atoms with E-state index in [0.717, 1.165) is 24.8 Å². The van der Waals surface area contributed by atoms with Gasteiger partial charge in [-0.2, -0.15) is 0 Å². The molecule has 21 heavy (non-hydrogen) atoms. The van der Waals surface area contributed by atoms with Crippen molar-refractivity contribution in [3.63, 3.8) is 0 Å². The van der Waals surface area contributed by atoms with Crippen LogP contribution in [0.15, 0.2) is 18.2 Å². The van der Waals surface area contributed by atoms with Gasteiger partial charge in [0, 0.05) is 10.7 Å². The van der Waals surface area contributed by atoms with Crippen LogP contribution in [0.2, 0.25) is 5.02 Å². The number of hydrogen-bond acceptors (Lipinski definition) is 3. The summed E-state index contributed by atoms with van der Waals surface area (Å²) in [5.74, 6) is 0. The molecule has 1 aromatic carbocycles. The molecule has 0 unspecified atom stereocenters. The molecule has 0 spiro atoms. The monoisotopic (exact) mass is 310 g/mol. The van der Waals surface area contributed by atoms with Gasteiger partial charge in [-0.1, -0.05) is 17.7 Å². The van der Waals surface area contributed by atoms with Gasteiger partial charge in [-0.25, -0.2) is 4.79 Å². The Morgan fingerprint density at radius 2 is 2.10 bits per heavy atom. The van der Waals surface area contributed by atoms with Gasteiger partial charge in [-0.05, 0) is 69.7 Å². The Hall–Kier alpha value is -1.26. The first-order valence-corrected chi connectivity index (χ1v) is 7.59. The minimum Gasteiger partial charge on any atom is -0.444 e. The average molecular weight is 311 g/mol. The van der Waals surface area contributed by atoms with Crippen LogP contribution in [0.4, 0.5) is 10.5 Å². The van der Waals surface area contributed by atoms with Gasteiger partial charge >= 0.3 is 6.09 Å². The summed E-state index contributed by atoms with van der Waals surface area (Å²) < 4.78 is 5.21. The summed E-state index contributed by atoms with van der Waals surface area (Å²) in [7, 11) is 0. The van der Waals surface area contributed by atoms with Crippen LogP contribution in [0.5, 0.6) is 0 Å². The number of benzene rings is 1. The number of hydrogen-bond donors (Lipinski definition) is 2.